The van der Waals surface area contributed by atoms with Crippen molar-refractivity contribution in [3.8, 4) is 0 Å². The molecule has 92 valence electrons. The number of nitrogens with zero attached hydrogens (tertiary/aromatic N) is 1. The van der Waals surface area contributed by atoms with Crippen LogP contribution in [0.25, 0.3) is 10.9 Å². The Morgan fingerprint density at radius 3 is 2.78 bits per heavy atom. The number of hydrogen-bond donors (Lipinski definition) is 1. The molecule has 1 aromatic carbocycles. The van der Waals surface area contributed by atoms with Crippen molar-refractivity contribution in [2.24, 2.45) is 0 Å². The molecular formula is C14H13NO3. The number of carbonyl (C=O) groups is 1. The number of rotatable bonds is 1. The summed E-state index contributed by atoms with van der Waals surface area (Å²) in [6.45, 7) is 0.788. The van der Waals surface area contributed by atoms with E-state index in [-0.39, 0.29) is 11.0 Å². The number of carboxylic acid groups (broad SMARTS) is 1. The van der Waals surface area contributed by atoms with Crippen molar-refractivity contribution in [1.82, 2.24) is 4.57 Å². The van der Waals surface area contributed by atoms with Crippen LogP contribution in [0.4, 0.5) is 0 Å². The number of aryl methyl sites for hydroxylation is 1. The van der Waals surface area contributed by atoms with Gasteiger partial charge in [-0.25, -0.2) is 4.79 Å². The maximum Gasteiger partial charge on any atom is 0.341 e. The Labute approximate surface area is 103 Å². The number of aromatic nitrogens is 1. The second-order valence-electron chi connectivity index (χ2n) is 4.58. The Morgan fingerprint density at radius 2 is 2.00 bits per heavy atom. The minimum atomic E-state index is -1.11. The van der Waals surface area contributed by atoms with Crippen LogP contribution in [0, 0.1) is 0 Å². The highest BCUT2D eigenvalue weighted by molar-refractivity contribution is 5.94. The molecule has 1 aliphatic rings. The van der Waals surface area contributed by atoms with Crippen LogP contribution in [0.15, 0.2) is 29.1 Å². The minimum absolute atomic E-state index is 0.0478. The molecule has 1 N–H and O–H groups in total. The van der Waals surface area contributed by atoms with Gasteiger partial charge in [0, 0.05) is 17.6 Å². The lowest BCUT2D eigenvalue weighted by Gasteiger charge is -2.23. The topological polar surface area (TPSA) is 59.3 Å². The maximum absolute atomic E-state index is 12.2. The average Bonchev–Trinajstić information content (AvgIpc) is 2.39. The Balaban J connectivity index is 2.51. The van der Waals surface area contributed by atoms with Crippen molar-refractivity contribution in [3.63, 3.8) is 0 Å². The Morgan fingerprint density at radius 1 is 1.22 bits per heavy atom. The van der Waals surface area contributed by atoms with Gasteiger partial charge >= 0.3 is 5.97 Å². The highest BCUT2D eigenvalue weighted by atomic mass is 16.4. The molecule has 2 aromatic rings. The first kappa shape index (κ1) is 11.0. The quantitative estimate of drug-likeness (QED) is 0.833. The zero-order valence-corrected chi connectivity index (χ0v) is 9.85. The first-order chi connectivity index (χ1) is 8.70. The van der Waals surface area contributed by atoms with Gasteiger partial charge in [0.15, 0.2) is 0 Å². The molecule has 0 amide bonds. The number of pyridine rings is 1. The van der Waals surface area contributed by atoms with Gasteiger partial charge in [0.2, 0.25) is 5.43 Å². The largest absolute Gasteiger partial charge is 0.477 e. The summed E-state index contributed by atoms with van der Waals surface area (Å²) in [4.78, 5) is 23.6. The lowest BCUT2D eigenvalue weighted by atomic mass is 10.00. The molecule has 0 unspecified atom stereocenters. The minimum Gasteiger partial charge on any atom is -0.477 e. The van der Waals surface area contributed by atoms with Crippen molar-refractivity contribution in [3.05, 3.63) is 45.7 Å². The molecule has 1 aliphatic heterocycles. The van der Waals surface area contributed by atoms with Crippen LogP contribution in [0.5, 0.6) is 0 Å². The molecule has 1 aromatic heterocycles. The second kappa shape index (κ2) is 3.98. The van der Waals surface area contributed by atoms with E-state index < -0.39 is 5.97 Å². The lowest BCUT2D eigenvalue weighted by molar-refractivity contribution is 0.0693. The van der Waals surface area contributed by atoms with Crippen LogP contribution < -0.4 is 5.43 Å². The van der Waals surface area contributed by atoms with Gasteiger partial charge < -0.3 is 9.67 Å². The highest BCUT2D eigenvalue weighted by Gasteiger charge is 2.23. The summed E-state index contributed by atoms with van der Waals surface area (Å²) in [6, 6.07) is 7.23. The summed E-state index contributed by atoms with van der Waals surface area (Å²) < 4.78 is 1.99. The summed E-state index contributed by atoms with van der Waals surface area (Å²) in [6.07, 6.45) is 2.64. The highest BCUT2D eigenvalue weighted by Crippen LogP contribution is 2.22. The number of fused-ring (bicyclic) bond motifs is 3. The molecule has 0 fully saturated rings. The molecule has 3 rings (SSSR count). The standard InChI is InChI=1S/C14H13NO3/c16-13-9-5-1-2-6-10(9)15-8-4-3-7-11(15)12(13)14(17)18/h1-2,5-6H,3-4,7-8H2,(H,17,18). The van der Waals surface area contributed by atoms with Crippen molar-refractivity contribution in [2.75, 3.05) is 0 Å². The molecule has 18 heavy (non-hydrogen) atoms. The molecule has 0 radical (unpaired) electrons. The van der Waals surface area contributed by atoms with Gasteiger partial charge in [-0.3, -0.25) is 4.79 Å². The fraction of sp³-hybridized carbons (Fsp3) is 0.286. The van der Waals surface area contributed by atoms with E-state index in [2.05, 4.69) is 0 Å². The summed E-state index contributed by atoms with van der Waals surface area (Å²) in [5.74, 6) is -1.11. The number of hydrogen-bond acceptors (Lipinski definition) is 2. The third-order valence-corrected chi connectivity index (χ3v) is 3.54. The predicted octanol–water partition coefficient (Wildman–Crippen LogP) is 2.04. The van der Waals surface area contributed by atoms with E-state index in [4.69, 9.17) is 0 Å². The van der Waals surface area contributed by atoms with Crippen LogP contribution >= 0.6 is 0 Å². The van der Waals surface area contributed by atoms with Crippen LogP contribution in [0.1, 0.15) is 28.9 Å². The predicted molar refractivity (Wildman–Crippen MR) is 68.1 cm³/mol. The zero-order valence-electron chi connectivity index (χ0n) is 9.85. The maximum atomic E-state index is 12.2. The molecule has 4 nitrogen and oxygen atoms in total. The molecule has 0 saturated carbocycles. The molecule has 4 heteroatoms. The molecule has 2 heterocycles. The van der Waals surface area contributed by atoms with Gasteiger partial charge in [-0.1, -0.05) is 12.1 Å². The zero-order chi connectivity index (χ0) is 12.7. The Hall–Kier alpha value is -2.10. The lowest BCUT2D eigenvalue weighted by Crippen LogP contribution is -2.26. The third kappa shape index (κ3) is 1.45. The Bertz CT molecular complexity index is 700. The molecule has 0 aliphatic carbocycles. The first-order valence-corrected chi connectivity index (χ1v) is 6.08. The van der Waals surface area contributed by atoms with Gasteiger partial charge in [0.25, 0.3) is 0 Å². The average molecular weight is 243 g/mol. The molecule has 0 spiro atoms. The van der Waals surface area contributed by atoms with E-state index in [1.54, 1.807) is 12.1 Å². The monoisotopic (exact) mass is 243 g/mol. The van der Waals surface area contributed by atoms with Crippen molar-refractivity contribution in [2.45, 2.75) is 25.8 Å². The summed E-state index contributed by atoms with van der Waals surface area (Å²) >= 11 is 0. The van der Waals surface area contributed by atoms with Gasteiger partial charge in [0.05, 0.1) is 5.52 Å². The van der Waals surface area contributed by atoms with Crippen molar-refractivity contribution >= 4 is 16.9 Å². The van der Waals surface area contributed by atoms with Gasteiger partial charge in [-0.15, -0.1) is 0 Å². The van der Waals surface area contributed by atoms with Crippen LogP contribution in [-0.2, 0) is 13.0 Å². The van der Waals surface area contributed by atoms with Crippen LogP contribution in [0.3, 0.4) is 0 Å². The fourth-order valence-electron chi connectivity index (χ4n) is 2.75. The van der Waals surface area contributed by atoms with E-state index in [1.807, 2.05) is 16.7 Å². The van der Waals surface area contributed by atoms with E-state index in [1.165, 1.54) is 0 Å². The molecule has 0 bridgehead atoms. The van der Waals surface area contributed by atoms with E-state index in [9.17, 15) is 14.7 Å². The van der Waals surface area contributed by atoms with E-state index >= 15 is 0 Å². The van der Waals surface area contributed by atoms with Crippen molar-refractivity contribution in [1.29, 1.82) is 0 Å². The van der Waals surface area contributed by atoms with Crippen LogP contribution in [0.2, 0.25) is 0 Å². The van der Waals surface area contributed by atoms with Gasteiger partial charge in [0.1, 0.15) is 5.56 Å². The SMILES string of the molecule is O=C(O)c1c2n(c3ccccc3c1=O)CCCC2. The number of aromatic carboxylic acids is 1. The second-order valence-corrected chi connectivity index (χ2v) is 4.58. The molecular weight excluding hydrogens is 230 g/mol. The number of benzene rings is 1. The van der Waals surface area contributed by atoms with E-state index in [0.29, 0.717) is 17.5 Å². The molecule has 0 atom stereocenters. The summed E-state index contributed by atoms with van der Waals surface area (Å²) in [7, 11) is 0. The van der Waals surface area contributed by atoms with Crippen molar-refractivity contribution < 1.29 is 9.90 Å². The smallest absolute Gasteiger partial charge is 0.341 e. The first-order valence-electron chi connectivity index (χ1n) is 6.08. The number of carboxylic acids is 1. The fourth-order valence-corrected chi connectivity index (χ4v) is 2.75. The Kier molecular flexibility index (Phi) is 2.44. The summed E-state index contributed by atoms with van der Waals surface area (Å²) in [5, 5.41) is 9.77. The molecule has 0 saturated heterocycles. The van der Waals surface area contributed by atoms with Gasteiger partial charge in [-0.05, 0) is 31.4 Å². The number of para-hydroxylation sites is 1. The van der Waals surface area contributed by atoms with Crippen LogP contribution in [-0.4, -0.2) is 15.6 Å². The third-order valence-electron chi connectivity index (χ3n) is 3.54. The van der Waals surface area contributed by atoms with E-state index in [0.717, 1.165) is 24.9 Å². The van der Waals surface area contributed by atoms with Gasteiger partial charge in [-0.2, -0.15) is 0 Å². The normalized spacial score (nSPS) is 14.4. The summed E-state index contributed by atoms with van der Waals surface area (Å²) in [5.41, 5.74) is 1.12.